The number of halogens is 1. The van der Waals surface area contributed by atoms with Gasteiger partial charge in [0, 0.05) is 18.3 Å². The first-order valence-electron chi connectivity index (χ1n) is 7.09. The van der Waals surface area contributed by atoms with Crippen molar-refractivity contribution < 1.29 is 14.3 Å². The van der Waals surface area contributed by atoms with Crippen LogP contribution in [0.2, 0.25) is 0 Å². The van der Waals surface area contributed by atoms with Gasteiger partial charge in [0.15, 0.2) is 0 Å². The van der Waals surface area contributed by atoms with Crippen LogP contribution < -0.4 is 11.1 Å². The lowest BCUT2D eigenvalue weighted by Crippen LogP contribution is -2.27. The smallest absolute Gasteiger partial charge is 0.337 e. The van der Waals surface area contributed by atoms with E-state index >= 15 is 0 Å². The van der Waals surface area contributed by atoms with Crippen LogP contribution in [0, 0.1) is 5.82 Å². The van der Waals surface area contributed by atoms with E-state index in [-0.39, 0.29) is 16.9 Å². The highest BCUT2D eigenvalue weighted by atomic mass is 19.1. The Balaban J connectivity index is 2.49. The second kappa shape index (κ2) is 7.83. The van der Waals surface area contributed by atoms with Crippen LogP contribution in [0.1, 0.15) is 37.0 Å². The minimum absolute atomic E-state index is 0.0656. The van der Waals surface area contributed by atoms with Crippen molar-refractivity contribution >= 4 is 17.3 Å². The molecule has 0 radical (unpaired) electrons. The van der Waals surface area contributed by atoms with Gasteiger partial charge in [-0.15, -0.1) is 0 Å². The van der Waals surface area contributed by atoms with E-state index in [2.05, 4.69) is 31.1 Å². The molecule has 6 heteroatoms. The van der Waals surface area contributed by atoms with E-state index in [1.54, 1.807) is 0 Å². The zero-order valence-corrected chi connectivity index (χ0v) is 12.8. The number of carboxylic acids is 1. The number of carbonyl (C=O) groups is 1. The fraction of sp³-hybridized carbons (Fsp3) is 0.533. The first kappa shape index (κ1) is 17.2. The topological polar surface area (TPSA) is 78.6 Å². The van der Waals surface area contributed by atoms with E-state index in [9.17, 15) is 9.18 Å². The van der Waals surface area contributed by atoms with Crippen molar-refractivity contribution in [1.29, 1.82) is 0 Å². The van der Waals surface area contributed by atoms with E-state index in [1.165, 1.54) is 6.07 Å². The van der Waals surface area contributed by atoms with Gasteiger partial charge >= 0.3 is 5.97 Å². The van der Waals surface area contributed by atoms with Gasteiger partial charge in [0.05, 0.1) is 11.3 Å². The maximum atomic E-state index is 13.7. The van der Waals surface area contributed by atoms with Crippen LogP contribution in [-0.2, 0) is 0 Å². The number of aromatic carboxylic acids is 1. The molecule has 1 aromatic rings. The van der Waals surface area contributed by atoms with Crippen molar-refractivity contribution in [3.05, 3.63) is 23.5 Å². The second-order valence-electron chi connectivity index (χ2n) is 5.43. The molecule has 0 aliphatic carbocycles. The third kappa shape index (κ3) is 5.23. The van der Waals surface area contributed by atoms with Gasteiger partial charge in [0.1, 0.15) is 5.82 Å². The number of nitrogens with zero attached hydrogens (tertiary/aromatic N) is 1. The molecule has 0 spiro atoms. The SMILES string of the molecule is CC(C)N(C)CCCCNc1cc(C(=O)O)c(N)cc1F. The van der Waals surface area contributed by atoms with Gasteiger partial charge in [-0.3, -0.25) is 0 Å². The van der Waals surface area contributed by atoms with Gasteiger partial charge < -0.3 is 21.1 Å². The van der Waals surface area contributed by atoms with Gasteiger partial charge in [0.25, 0.3) is 0 Å². The van der Waals surface area contributed by atoms with Crippen LogP contribution >= 0.6 is 0 Å². The van der Waals surface area contributed by atoms with Crippen LogP contribution in [0.25, 0.3) is 0 Å². The van der Waals surface area contributed by atoms with Gasteiger partial charge in [-0.1, -0.05) is 0 Å². The molecule has 0 fully saturated rings. The highest BCUT2D eigenvalue weighted by Crippen LogP contribution is 2.22. The molecular weight excluding hydrogens is 273 g/mol. The lowest BCUT2D eigenvalue weighted by molar-refractivity contribution is 0.0698. The summed E-state index contributed by atoms with van der Waals surface area (Å²) in [5.41, 5.74) is 5.50. The van der Waals surface area contributed by atoms with Gasteiger partial charge in [-0.25, -0.2) is 9.18 Å². The Morgan fingerprint density at radius 3 is 2.67 bits per heavy atom. The van der Waals surface area contributed by atoms with E-state index in [1.807, 2.05) is 0 Å². The average Bonchev–Trinajstić information content (AvgIpc) is 2.39. The number of unbranched alkanes of at least 4 members (excludes halogenated alkanes) is 1. The number of rotatable bonds is 8. The molecule has 0 atom stereocenters. The lowest BCUT2D eigenvalue weighted by Gasteiger charge is -2.20. The number of benzene rings is 1. The standard InChI is InChI=1S/C15H24FN3O2/c1-10(2)19(3)7-5-4-6-18-14-8-11(15(20)21)13(17)9-12(14)16/h8-10,18H,4-7,17H2,1-3H3,(H,20,21). The summed E-state index contributed by atoms with van der Waals surface area (Å²) in [5, 5.41) is 11.9. The van der Waals surface area contributed by atoms with Crippen molar-refractivity contribution in [2.75, 3.05) is 31.2 Å². The molecule has 0 heterocycles. The molecule has 0 aromatic heterocycles. The zero-order chi connectivity index (χ0) is 16.0. The van der Waals surface area contributed by atoms with E-state index in [4.69, 9.17) is 10.8 Å². The molecule has 0 saturated heterocycles. The Labute approximate surface area is 124 Å². The highest BCUT2D eigenvalue weighted by molar-refractivity contribution is 5.94. The molecular formula is C15H24FN3O2. The maximum Gasteiger partial charge on any atom is 0.337 e. The summed E-state index contributed by atoms with van der Waals surface area (Å²) in [4.78, 5) is 13.2. The van der Waals surface area contributed by atoms with E-state index in [0.29, 0.717) is 12.6 Å². The van der Waals surface area contributed by atoms with Crippen molar-refractivity contribution in [3.63, 3.8) is 0 Å². The van der Waals surface area contributed by atoms with Crippen LogP contribution in [0.15, 0.2) is 12.1 Å². The number of hydrogen-bond acceptors (Lipinski definition) is 4. The molecule has 0 bridgehead atoms. The maximum absolute atomic E-state index is 13.7. The molecule has 0 aliphatic rings. The number of nitrogens with one attached hydrogen (secondary N) is 1. The normalized spacial score (nSPS) is 11.1. The molecule has 21 heavy (non-hydrogen) atoms. The average molecular weight is 297 g/mol. The molecule has 0 saturated carbocycles. The lowest BCUT2D eigenvalue weighted by atomic mass is 10.1. The van der Waals surface area contributed by atoms with Crippen LogP contribution in [0.5, 0.6) is 0 Å². The molecule has 0 aliphatic heterocycles. The Morgan fingerprint density at radius 2 is 2.10 bits per heavy atom. The minimum Gasteiger partial charge on any atom is -0.478 e. The third-order valence-electron chi connectivity index (χ3n) is 3.50. The third-order valence-corrected chi connectivity index (χ3v) is 3.50. The van der Waals surface area contributed by atoms with Crippen LogP contribution in [0.3, 0.4) is 0 Å². The first-order chi connectivity index (χ1) is 9.82. The molecule has 0 unspecified atom stereocenters. The van der Waals surface area contributed by atoms with Gasteiger partial charge in [-0.05, 0) is 52.4 Å². The predicted octanol–water partition coefficient (Wildman–Crippen LogP) is 2.64. The summed E-state index contributed by atoms with van der Waals surface area (Å²) < 4.78 is 13.7. The highest BCUT2D eigenvalue weighted by Gasteiger charge is 2.12. The molecule has 4 N–H and O–H groups in total. The number of hydrogen-bond donors (Lipinski definition) is 3. The molecule has 5 nitrogen and oxygen atoms in total. The second-order valence-corrected chi connectivity index (χ2v) is 5.43. The fourth-order valence-electron chi connectivity index (χ4n) is 1.88. The van der Waals surface area contributed by atoms with Crippen molar-refractivity contribution in [2.24, 2.45) is 0 Å². The summed E-state index contributed by atoms with van der Waals surface area (Å²) in [6, 6.07) is 2.79. The Hall–Kier alpha value is -1.82. The van der Waals surface area contributed by atoms with Gasteiger partial charge in [-0.2, -0.15) is 0 Å². The monoisotopic (exact) mass is 297 g/mol. The minimum atomic E-state index is -1.16. The zero-order valence-electron chi connectivity index (χ0n) is 12.8. The summed E-state index contributed by atoms with van der Waals surface area (Å²) in [7, 11) is 2.07. The van der Waals surface area contributed by atoms with Crippen LogP contribution in [0.4, 0.5) is 15.8 Å². The summed E-state index contributed by atoms with van der Waals surface area (Å²) in [5.74, 6) is -1.69. The van der Waals surface area contributed by atoms with Crippen molar-refractivity contribution in [1.82, 2.24) is 4.90 Å². The Morgan fingerprint density at radius 1 is 1.43 bits per heavy atom. The first-order valence-corrected chi connectivity index (χ1v) is 7.09. The van der Waals surface area contributed by atoms with E-state index < -0.39 is 11.8 Å². The number of nitrogen functional groups attached to an aromatic ring is 1. The Bertz CT molecular complexity index is 492. The predicted molar refractivity (Wildman–Crippen MR) is 83.3 cm³/mol. The largest absolute Gasteiger partial charge is 0.478 e. The number of nitrogens with two attached hydrogens (primary N) is 1. The molecule has 118 valence electrons. The van der Waals surface area contributed by atoms with Gasteiger partial charge in [0.2, 0.25) is 0 Å². The Kier molecular flexibility index (Phi) is 6.42. The summed E-state index contributed by atoms with van der Waals surface area (Å²) in [6.45, 7) is 5.83. The summed E-state index contributed by atoms with van der Waals surface area (Å²) in [6.07, 6.45) is 1.87. The van der Waals surface area contributed by atoms with Crippen molar-refractivity contribution in [2.45, 2.75) is 32.7 Å². The number of carboxylic acid groups (broad SMARTS) is 1. The van der Waals surface area contributed by atoms with Crippen molar-refractivity contribution in [3.8, 4) is 0 Å². The van der Waals surface area contributed by atoms with E-state index in [0.717, 1.165) is 25.5 Å². The molecule has 1 aromatic carbocycles. The summed E-state index contributed by atoms with van der Waals surface area (Å²) >= 11 is 0. The number of anilines is 2. The quantitative estimate of drug-likeness (QED) is 0.508. The fourth-order valence-corrected chi connectivity index (χ4v) is 1.88. The van der Waals surface area contributed by atoms with Crippen LogP contribution in [-0.4, -0.2) is 42.2 Å². The molecule has 0 amide bonds. The molecule has 1 rings (SSSR count).